The molecule has 110 valence electrons. The van der Waals surface area contributed by atoms with Gasteiger partial charge >= 0.3 is 0 Å². The number of morpholine rings is 1. The van der Waals surface area contributed by atoms with Gasteiger partial charge in [-0.25, -0.2) is 0 Å². The van der Waals surface area contributed by atoms with Crippen LogP contribution in [0.15, 0.2) is 29.1 Å². The molecule has 6 nitrogen and oxygen atoms in total. The van der Waals surface area contributed by atoms with Crippen LogP contribution in [0.2, 0.25) is 0 Å². The van der Waals surface area contributed by atoms with Gasteiger partial charge in [-0.3, -0.25) is 4.79 Å². The highest BCUT2D eigenvalue weighted by Crippen LogP contribution is 2.23. The van der Waals surface area contributed by atoms with E-state index in [1.165, 1.54) is 0 Å². The van der Waals surface area contributed by atoms with E-state index < -0.39 is 0 Å². The maximum Gasteiger partial charge on any atom is 0.182 e. The van der Waals surface area contributed by atoms with Crippen molar-refractivity contribution in [1.82, 2.24) is 15.2 Å². The Morgan fingerprint density at radius 2 is 2.14 bits per heavy atom. The summed E-state index contributed by atoms with van der Waals surface area (Å²) in [7, 11) is 0. The monoisotopic (exact) mass is 286 g/mol. The summed E-state index contributed by atoms with van der Waals surface area (Å²) in [4.78, 5) is 17.0. The SMILES string of the molecule is Cc1ccc(N2CCO[C@H](c3cc(=O)cc(C)[nH]3)C2)nn1. The summed E-state index contributed by atoms with van der Waals surface area (Å²) in [6.07, 6.45) is -0.158. The Bertz CT molecular complexity index is 681. The van der Waals surface area contributed by atoms with E-state index in [0.29, 0.717) is 13.2 Å². The number of hydrogen-bond acceptors (Lipinski definition) is 5. The van der Waals surface area contributed by atoms with Gasteiger partial charge in [-0.15, -0.1) is 5.10 Å². The van der Waals surface area contributed by atoms with Crippen molar-refractivity contribution in [2.24, 2.45) is 0 Å². The molecule has 3 heterocycles. The van der Waals surface area contributed by atoms with Crippen molar-refractivity contribution >= 4 is 5.82 Å². The summed E-state index contributed by atoms with van der Waals surface area (Å²) in [5, 5.41) is 8.30. The second-order valence-electron chi connectivity index (χ2n) is 5.29. The molecule has 0 aliphatic carbocycles. The lowest BCUT2D eigenvalue weighted by Crippen LogP contribution is -2.39. The standard InChI is InChI=1S/C15H18N4O2/c1-10-3-4-15(18-17-10)19-5-6-21-14(9-19)13-8-12(20)7-11(2)16-13/h3-4,7-8,14H,5-6,9H2,1-2H3,(H,16,20)/t14-/m0/s1. The molecule has 0 aromatic carbocycles. The molecule has 1 saturated heterocycles. The van der Waals surface area contributed by atoms with Crippen LogP contribution >= 0.6 is 0 Å². The summed E-state index contributed by atoms with van der Waals surface area (Å²) in [5.74, 6) is 0.837. The molecule has 0 amide bonds. The van der Waals surface area contributed by atoms with Crippen LogP contribution in [0.3, 0.4) is 0 Å². The van der Waals surface area contributed by atoms with Crippen LogP contribution in [-0.4, -0.2) is 34.9 Å². The summed E-state index contributed by atoms with van der Waals surface area (Å²) >= 11 is 0. The van der Waals surface area contributed by atoms with Crippen LogP contribution in [0, 0.1) is 13.8 Å². The molecule has 21 heavy (non-hydrogen) atoms. The van der Waals surface area contributed by atoms with E-state index in [1.54, 1.807) is 12.1 Å². The number of nitrogens with zero attached hydrogens (tertiary/aromatic N) is 3. The molecule has 3 rings (SSSR count). The first-order valence-electron chi connectivity index (χ1n) is 6.99. The van der Waals surface area contributed by atoms with Gasteiger partial charge < -0.3 is 14.6 Å². The Hall–Kier alpha value is -2.21. The van der Waals surface area contributed by atoms with Crippen LogP contribution < -0.4 is 10.3 Å². The molecule has 0 unspecified atom stereocenters. The molecule has 1 atom stereocenters. The third-order valence-electron chi connectivity index (χ3n) is 3.52. The summed E-state index contributed by atoms with van der Waals surface area (Å²) in [6.45, 7) is 5.80. The zero-order chi connectivity index (χ0) is 14.8. The van der Waals surface area contributed by atoms with Crippen LogP contribution in [0.25, 0.3) is 0 Å². The number of aromatic nitrogens is 3. The van der Waals surface area contributed by atoms with Crippen molar-refractivity contribution in [3.05, 3.63) is 51.6 Å². The Morgan fingerprint density at radius 3 is 2.86 bits per heavy atom. The molecule has 0 bridgehead atoms. The number of aryl methyl sites for hydroxylation is 2. The number of ether oxygens (including phenoxy) is 1. The fourth-order valence-corrected chi connectivity index (χ4v) is 2.49. The third-order valence-corrected chi connectivity index (χ3v) is 3.52. The number of nitrogens with one attached hydrogen (secondary N) is 1. The van der Waals surface area contributed by atoms with Crippen molar-refractivity contribution in [3.8, 4) is 0 Å². The number of pyridine rings is 1. The number of anilines is 1. The van der Waals surface area contributed by atoms with Crippen LogP contribution in [-0.2, 0) is 4.74 Å². The largest absolute Gasteiger partial charge is 0.368 e. The van der Waals surface area contributed by atoms with Crippen molar-refractivity contribution in [3.63, 3.8) is 0 Å². The average Bonchev–Trinajstić information content (AvgIpc) is 2.47. The maximum absolute atomic E-state index is 11.6. The van der Waals surface area contributed by atoms with Gasteiger partial charge in [-0.1, -0.05) is 0 Å². The van der Waals surface area contributed by atoms with Gasteiger partial charge in [0.2, 0.25) is 0 Å². The molecular weight excluding hydrogens is 268 g/mol. The van der Waals surface area contributed by atoms with E-state index in [9.17, 15) is 4.79 Å². The summed E-state index contributed by atoms with van der Waals surface area (Å²) < 4.78 is 5.79. The minimum absolute atomic E-state index is 0.00268. The second kappa shape index (κ2) is 5.65. The lowest BCUT2D eigenvalue weighted by atomic mass is 10.1. The minimum atomic E-state index is -0.158. The summed E-state index contributed by atoms with van der Waals surface area (Å²) in [6, 6.07) is 7.09. The molecular formula is C15H18N4O2. The predicted octanol–water partition coefficient (Wildman–Crippen LogP) is 1.36. The lowest BCUT2D eigenvalue weighted by Gasteiger charge is -2.33. The number of aromatic amines is 1. The molecule has 2 aromatic rings. The normalized spacial score (nSPS) is 18.8. The molecule has 1 fully saturated rings. The molecule has 0 radical (unpaired) electrons. The highest BCUT2D eigenvalue weighted by Gasteiger charge is 2.24. The van der Waals surface area contributed by atoms with E-state index in [0.717, 1.165) is 29.4 Å². The Morgan fingerprint density at radius 1 is 1.29 bits per heavy atom. The fraction of sp³-hybridized carbons (Fsp3) is 0.400. The average molecular weight is 286 g/mol. The summed E-state index contributed by atoms with van der Waals surface area (Å²) in [5.41, 5.74) is 2.54. The highest BCUT2D eigenvalue weighted by molar-refractivity contribution is 5.38. The smallest absolute Gasteiger partial charge is 0.182 e. The van der Waals surface area contributed by atoms with Gasteiger partial charge in [-0.05, 0) is 26.0 Å². The minimum Gasteiger partial charge on any atom is -0.368 e. The van der Waals surface area contributed by atoms with Crippen LogP contribution in [0.1, 0.15) is 23.2 Å². The quantitative estimate of drug-likeness (QED) is 0.902. The Kier molecular flexibility index (Phi) is 3.70. The fourth-order valence-electron chi connectivity index (χ4n) is 2.49. The molecule has 6 heteroatoms. The number of hydrogen-bond donors (Lipinski definition) is 1. The van der Waals surface area contributed by atoms with Crippen LogP contribution in [0.5, 0.6) is 0 Å². The molecule has 2 aromatic heterocycles. The second-order valence-corrected chi connectivity index (χ2v) is 5.29. The molecule has 0 saturated carbocycles. The van der Waals surface area contributed by atoms with Crippen molar-refractivity contribution in [1.29, 1.82) is 0 Å². The van der Waals surface area contributed by atoms with Gasteiger partial charge in [-0.2, -0.15) is 5.10 Å². The number of rotatable bonds is 2. The topological polar surface area (TPSA) is 71.1 Å². The van der Waals surface area contributed by atoms with Crippen molar-refractivity contribution in [2.75, 3.05) is 24.6 Å². The van der Waals surface area contributed by atoms with Gasteiger partial charge in [0.05, 0.1) is 18.8 Å². The molecule has 0 spiro atoms. The van der Waals surface area contributed by atoms with Gasteiger partial charge in [0.25, 0.3) is 0 Å². The number of H-pyrrole nitrogens is 1. The third kappa shape index (κ3) is 3.11. The van der Waals surface area contributed by atoms with E-state index in [1.807, 2.05) is 26.0 Å². The first-order valence-corrected chi connectivity index (χ1v) is 6.99. The van der Waals surface area contributed by atoms with E-state index >= 15 is 0 Å². The zero-order valence-electron chi connectivity index (χ0n) is 12.2. The van der Waals surface area contributed by atoms with E-state index in [2.05, 4.69) is 20.1 Å². The predicted molar refractivity (Wildman–Crippen MR) is 79.5 cm³/mol. The van der Waals surface area contributed by atoms with Crippen LogP contribution in [0.4, 0.5) is 5.82 Å². The Balaban J connectivity index is 1.82. The Labute approximate surface area is 122 Å². The van der Waals surface area contributed by atoms with Gasteiger partial charge in [0.15, 0.2) is 11.2 Å². The maximum atomic E-state index is 11.6. The lowest BCUT2D eigenvalue weighted by molar-refractivity contribution is 0.0365. The van der Waals surface area contributed by atoms with Gasteiger partial charge in [0.1, 0.15) is 6.10 Å². The van der Waals surface area contributed by atoms with Crippen molar-refractivity contribution in [2.45, 2.75) is 20.0 Å². The highest BCUT2D eigenvalue weighted by atomic mass is 16.5. The van der Waals surface area contributed by atoms with E-state index in [4.69, 9.17) is 4.74 Å². The van der Waals surface area contributed by atoms with E-state index in [-0.39, 0.29) is 11.5 Å². The van der Waals surface area contributed by atoms with Crippen molar-refractivity contribution < 1.29 is 4.74 Å². The molecule has 1 N–H and O–H groups in total. The zero-order valence-corrected chi connectivity index (χ0v) is 12.2. The first kappa shape index (κ1) is 13.8. The first-order chi connectivity index (χ1) is 10.1. The van der Waals surface area contributed by atoms with Gasteiger partial charge in [0, 0.05) is 30.1 Å². The molecule has 1 aliphatic rings. The molecule has 1 aliphatic heterocycles.